The molecule has 4 heterocycles. The molecule has 1 atom stereocenters. The highest BCUT2D eigenvalue weighted by Gasteiger charge is 2.20. The van der Waals surface area contributed by atoms with Crippen LogP contribution >= 0.6 is 23.4 Å². The topological polar surface area (TPSA) is 60.0 Å². The van der Waals surface area contributed by atoms with Gasteiger partial charge in [0.25, 0.3) is 0 Å². The molecule has 0 aromatic carbocycles. The number of halogens is 1. The Morgan fingerprint density at radius 2 is 2.27 bits per heavy atom. The molecule has 1 saturated heterocycles. The minimum absolute atomic E-state index is 0.327. The summed E-state index contributed by atoms with van der Waals surface area (Å²) in [6.45, 7) is 1.96. The number of nitrogens with zero attached hydrogens (tertiary/aromatic N) is 5. The summed E-state index contributed by atoms with van der Waals surface area (Å²) in [4.78, 5) is 4.82. The van der Waals surface area contributed by atoms with Crippen molar-refractivity contribution in [1.29, 1.82) is 0 Å². The van der Waals surface area contributed by atoms with Crippen LogP contribution in [0.1, 0.15) is 10.9 Å². The second kappa shape index (κ2) is 5.57. The van der Waals surface area contributed by atoms with E-state index in [2.05, 4.69) is 15.5 Å². The number of aryl methyl sites for hydroxylation is 1. The van der Waals surface area contributed by atoms with Crippen molar-refractivity contribution >= 4 is 29.0 Å². The van der Waals surface area contributed by atoms with Crippen LogP contribution in [0.15, 0.2) is 24.7 Å². The van der Waals surface area contributed by atoms with E-state index >= 15 is 0 Å². The second-order valence-electron chi connectivity index (χ2n) is 5.26. The van der Waals surface area contributed by atoms with Crippen LogP contribution in [0.2, 0.25) is 5.15 Å². The summed E-state index contributed by atoms with van der Waals surface area (Å²) >= 11 is 8.31. The van der Waals surface area contributed by atoms with E-state index in [-0.39, 0.29) is 0 Å². The maximum absolute atomic E-state index is 6.40. The molecule has 1 aliphatic rings. The SMILES string of the molecule is Cn1cc(-c2cnn3c(Cl)cc(C4CNCCS4)nc23)cn1. The molecule has 0 amide bonds. The molecule has 0 aliphatic carbocycles. The fourth-order valence-corrected chi connectivity index (χ4v) is 3.94. The highest BCUT2D eigenvalue weighted by molar-refractivity contribution is 7.99. The molecule has 1 aliphatic heterocycles. The van der Waals surface area contributed by atoms with Gasteiger partial charge in [-0.2, -0.15) is 10.2 Å². The minimum atomic E-state index is 0.327. The van der Waals surface area contributed by atoms with Gasteiger partial charge in [-0.3, -0.25) is 4.68 Å². The van der Waals surface area contributed by atoms with E-state index in [4.69, 9.17) is 16.6 Å². The number of fused-ring (bicyclic) bond motifs is 1. The summed E-state index contributed by atoms with van der Waals surface area (Å²) in [5.41, 5.74) is 3.72. The van der Waals surface area contributed by atoms with Crippen LogP contribution in [0.25, 0.3) is 16.8 Å². The van der Waals surface area contributed by atoms with Crippen molar-refractivity contribution < 1.29 is 0 Å². The predicted octanol–water partition coefficient (Wildman–Crippen LogP) is 2.16. The van der Waals surface area contributed by atoms with Gasteiger partial charge in [0, 0.05) is 43.2 Å². The fourth-order valence-electron chi connectivity index (χ4n) is 2.63. The summed E-state index contributed by atoms with van der Waals surface area (Å²) < 4.78 is 3.44. The van der Waals surface area contributed by atoms with E-state index in [9.17, 15) is 0 Å². The van der Waals surface area contributed by atoms with Crippen molar-refractivity contribution in [3.63, 3.8) is 0 Å². The Morgan fingerprint density at radius 3 is 3.00 bits per heavy atom. The van der Waals surface area contributed by atoms with Crippen molar-refractivity contribution in [2.75, 3.05) is 18.8 Å². The quantitative estimate of drug-likeness (QED) is 0.728. The molecule has 6 nitrogen and oxygen atoms in total. The van der Waals surface area contributed by atoms with E-state index in [1.54, 1.807) is 15.4 Å². The number of hydrogen-bond acceptors (Lipinski definition) is 5. The Kier molecular flexibility index (Phi) is 3.56. The summed E-state index contributed by atoms with van der Waals surface area (Å²) in [5.74, 6) is 1.09. The number of rotatable bonds is 2. The van der Waals surface area contributed by atoms with Crippen molar-refractivity contribution in [1.82, 2.24) is 29.7 Å². The molecule has 1 unspecified atom stereocenters. The van der Waals surface area contributed by atoms with Gasteiger partial charge in [-0.1, -0.05) is 11.6 Å². The maximum atomic E-state index is 6.40. The van der Waals surface area contributed by atoms with Crippen molar-refractivity contribution in [2.45, 2.75) is 5.25 Å². The third-order valence-electron chi connectivity index (χ3n) is 3.72. The van der Waals surface area contributed by atoms with Gasteiger partial charge in [0.05, 0.1) is 23.3 Å². The van der Waals surface area contributed by atoms with E-state index in [0.717, 1.165) is 41.3 Å². The van der Waals surface area contributed by atoms with Gasteiger partial charge >= 0.3 is 0 Å². The molecule has 1 N–H and O–H groups in total. The molecule has 0 saturated carbocycles. The summed E-state index contributed by atoms with van der Waals surface area (Å²) in [5, 5.41) is 12.9. The summed E-state index contributed by atoms with van der Waals surface area (Å²) in [6.07, 6.45) is 5.56. The minimum Gasteiger partial charge on any atom is -0.314 e. The fraction of sp³-hybridized carbons (Fsp3) is 0.357. The van der Waals surface area contributed by atoms with E-state index in [1.165, 1.54) is 0 Å². The highest BCUT2D eigenvalue weighted by Crippen LogP contribution is 2.32. The lowest BCUT2D eigenvalue weighted by molar-refractivity contribution is 0.679. The zero-order valence-electron chi connectivity index (χ0n) is 12.0. The standard InChI is InChI=1S/C14H15ClN6S/c1-20-8-9(5-17-20)10-6-18-21-13(15)4-11(19-14(10)21)12-7-16-2-3-22-12/h4-6,8,12,16H,2-3,7H2,1H3. The Balaban J connectivity index is 1.84. The molecule has 22 heavy (non-hydrogen) atoms. The van der Waals surface area contributed by atoms with Gasteiger partial charge < -0.3 is 5.32 Å². The Labute approximate surface area is 136 Å². The maximum Gasteiger partial charge on any atom is 0.164 e. The first kappa shape index (κ1) is 14.0. The van der Waals surface area contributed by atoms with Crippen LogP contribution in [0, 0.1) is 0 Å². The number of thioether (sulfide) groups is 1. The predicted molar refractivity (Wildman–Crippen MR) is 88.3 cm³/mol. The third kappa shape index (κ3) is 2.39. The van der Waals surface area contributed by atoms with Crippen molar-refractivity contribution in [3.05, 3.63) is 35.5 Å². The van der Waals surface area contributed by atoms with Crippen molar-refractivity contribution in [3.8, 4) is 11.1 Å². The van der Waals surface area contributed by atoms with Crippen LogP contribution < -0.4 is 5.32 Å². The zero-order chi connectivity index (χ0) is 15.1. The first-order chi connectivity index (χ1) is 10.7. The molecule has 1 fully saturated rings. The molecule has 3 aromatic heterocycles. The molecule has 3 aromatic rings. The lowest BCUT2D eigenvalue weighted by Crippen LogP contribution is -2.28. The van der Waals surface area contributed by atoms with E-state index < -0.39 is 0 Å². The molecule has 4 rings (SSSR count). The van der Waals surface area contributed by atoms with Crippen LogP contribution in [0.3, 0.4) is 0 Å². The van der Waals surface area contributed by atoms with Gasteiger partial charge in [-0.05, 0) is 6.07 Å². The average molecular weight is 335 g/mol. The lowest BCUT2D eigenvalue weighted by Gasteiger charge is -2.22. The Bertz CT molecular complexity index is 820. The van der Waals surface area contributed by atoms with Crippen LogP contribution in [-0.2, 0) is 7.05 Å². The lowest BCUT2D eigenvalue weighted by atomic mass is 10.2. The number of aromatic nitrogens is 5. The molecular weight excluding hydrogens is 320 g/mol. The Morgan fingerprint density at radius 1 is 1.36 bits per heavy atom. The Hall–Kier alpha value is -1.57. The van der Waals surface area contributed by atoms with Gasteiger partial charge in [-0.15, -0.1) is 11.8 Å². The third-order valence-corrected chi connectivity index (χ3v) is 5.24. The number of hydrogen-bond donors (Lipinski definition) is 1. The molecular formula is C14H15ClN6S. The van der Waals surface area contributed by atoms with Gasteiger partial charge in [0.15, 0.2) is 5.65 Å². The highest BCUT2D eigenvalue weighted by atomic mass is 35.5. The van der Waals surface area contributed by atoms with Crippen LogP contribution in [0.4, 0.5) is 0 Å². The monoisotopic (exact) mass is 334 g/mol. The molecule has 8 heteroatoms. The molecule has 0 radical (unpaired) electrons. The van der Waals surface area contributed by atoms with Crippen molar-refractivity contribution in [2.24, 2.45) is 7.05 Å². The average Bonchev–Trinajstić information content (AvgIpc) is 3.14. The van der Waals surface area contributed by atoms with Crippen LogP contribution in [-0.4, -0.2) is 43.2 Å². The molecule has 0 spiro atoms. The van der Waals surface area contributed by atoms with E-state index in [0.29, 0.717) is 10.4 Å². The van der Waals surface area contributed by atoms with Gasteiger partial charge in [0.1, 0.15) is 5.15 Å². The second-order valence-corrected chi connectivity index (χ2v) is 6.96. The first-order valence-corrected chi connectivity index (χ1v) is 8.50. The van der Waals surface area contributed by atoms with Crippen LogP contribution in [0.5, 0.6) is 0 Å². The molecule has 114 valence electrons. The first-order valence-electron chi connectivity index (χ1n) is 7.08. The number of nitrogens with one attached hydrogen (secondary N) is 1. The largest absolute Gasteiger partial charge is 0.314 e. The zero-order valence-corrected chi connectivity index (χ0v) is 13.6. The summed E-state index contributed by atoms with van der Waals surface area (Å²) in [7, 11) is 1.89. The molecule has 0 bridgehead atoms. The normalized spacial score (nSPS) is 18.9. The smallest absolute Gasteiger partial charge is 0.164 e. The van der Waals surface area contributed by atoms with Gasteiger partial charge in [0.2, 0.25) is 0 Å². The van der Waals surface area contributed by atoms with Gasteiger partial charge in [-0.25, -0.2) is 9.50 Å². The van der Waals surface area contributed by atoms with E-state index in [1.807, 2.05) is 37.3 Å². The summed E-state index contributed by atoms with van der Waals surface area (Å²) in [6, 6.07) is 1.92.